The molecule has 0 spiro atoms. The fourth-order valence-electron chi connectivity index (χ4n) is 2.18. The van der Waals surface area contributed by atoms with Crippen LogP contribution in [0, 0.1) is 0 Å². The van der Waals surface area contributed by atoms with Crippen LogP contribution in [0.2, 0.25) is 10.0 Å². The lowest BCUT2D eigenvalue weighted by molar-refractivity contribution is -0.118. The Morgan fingerprint density at radius 3 is 2.86 bits per heavy atom. The number of benzene rings is 1. The van der Waals surface area contributed by atoms with E-state index in [0.717, 1.165) is 11.3 Å². The topological polar surface area (TPSA) is 46.1 Å². The quantitative estimate of drug-likeness (QED) is 0.830. The third kappa shape index (κ3) is 3.00. The summed E-state index contributed by atoms with van der Waals surface area (Å²) in [7, 11) is 0. The van der Waals surface area contributed by atoms with Gasteiger partial charge in [0, 0.05) is 40.2 Å². The molecule has 2 aromatic rings. The first-order chi connectivity index (χ1) is 10.2. The molecule has 108 valence electrons. The molecular weight excluding hydrogens is 329 g/mol. The molecule has 0 aliphatic carbocycles. The van der Waals surface area contributed by atoms with Gasteiger partial charge < -0.3 is 0 Å². The van der Waals surface area contributed by atoms with E-state index in [1.54, 1.807) is 47.4 Å². The normalized spacial score (nSPS) is 18.9. The third-order valence-electron chi connectivity index (χ3n) is 3.12. The van der Waals surface area contributed by atoms with Gasteiger partial charge in [-0.2, -0.15) is 0 Å². The zero-order valence-electron chi connectivity index (χ0n) is 10.9. The summed E-state index contributed by atoms with van der Waals surface area (Å²) >= 11 is 13.9. The average molecular weight is 340 g/mol. The van der Waals surface area contributed by atoms with E-state index in [1.807, 2.05) is 6.07 Å². The Kier molecular flexibility index (Phi) is 4.33. The summed E-state index contributed by atoms with van der Waals surface area (Å²) in [4.78, 5) is 22.3. The van der Waals surface area contributed by atoms with Gasteiger partial charge in [-0.1, -0.05) is 29.3 Å². The van der Waals surface area contributed by atoms with Gasteiger partial charge in [-0.25, -0.2) is 4.98 Å². The molecule has 0 N–H and O–H groups in total. The van der Waals surface area contributed by atoms with Crippen LogP contribution in [0.1, 0.15) is 17.4 Å². The fraction of sp³-hybridized carbons (Fsp3) is 0.214. The second-order valence-electron chi connectivity index (χ2n) is 4.47. The zero-order valence-corrected chi connectivity index (χ0v) is 13.2. The van der Waals surface area contributed by atoms with Crippen molar-refractivity contribution in [3.8, 4) is 0 Å². The minimum Gasteiger partial charge on any atom is -0.279 e. The number of rotatable bonds is 2. The SMILES string of the molecule is O=C1CCSC(c2ccc(Cl)cc2Cl)N1c1cnccn1. The molecule has 2 heterocycles. The van der Waals surface area contributed by atoms with Crippen molar-refractivity contribution in [1.82, 2.24) is 9.97 Å². The van der Waals surface area contributed by atoms with Crippen molar-refractivity contribution in [2.24, 2.45) is 0 Å². The van der Waals surface area contributed by atoms with Crippen molar-refractivity contribution in [1.29, 1.82) is 0 Å². The molecule has 1 saturated heterocycles. The predicted octanol–water partition coefficient (Wildman–Crippen LogP) is 3.95. The molecule has 1 aromatic heterocycles. The Morgan fingerprint density at radius 1 is 1.29 bits per heavy atom. The standard InChI is InChI=1S/C14H11Cl2N3OS/c15-9-1-2-10(11(16)7-9)14-19(13(20)3-6-21-14)12-8-17-4-5-18-12/h1-2,4-5,7-8,14H,3,6H2. The lowest BCUT2D eigenvalue weighted by atomic mass is 10.2. The monoisotopic (exact) mass is 339 g/mol. The Morgan fingerprint density at radius 2 is 2.14 bits per heavy atom. The number of hydrogen-bond acceptors (Lipinski definition) is 4. The first-order valence-electron chi connectivity index (χ1n) is 6.31. The summed E-state index contributed by atoms with van der Waals surface area (Å²) in [5.74, 6) is 1.30. The van der Waals surface area contributed by atoms with Gasteiger partial charge in [0.05, 0.1) is 6.20 Å². The fourth-order valence-corrected chi connectivity index (χ4v) is 4.03. The molecule has 1 fully saturated rings. The Labute approximate surface area is 136 Å². The number of aromatic nitrogens is 2. The van der Waals surface area contributed by atoms with Gasteiger partial charge in [0.25, 0.3) is 0 Å². The van der Waals surface area contributed by atoms with Gasteiger partial charge in [0.2, 0.25) is 5.91 Å². The highest BCUT2D eigenvalue weighted by atomic mass is 35.5. The van der Waals surface area contributed by atoms with Crippen molar-refractivity contribution in [2.45, 2.75) is 11.8 Å². The van der Waals surface area contributed by atoms with E-state index in [1.165, 1.54) is 0 Å². The van der Waals surface area contributed by atoms with E-state index < -0.39 is 0 Å². The van der Waals surface area contributed by atoms with Gasteiger partial charge in [0.1, 0.15) is 5.37 Å². The van der Waals surface area contributed by atoms with Gasteiger partial charge in [-0.15, -0.1) is 11.8 Å². The molecule has 0 radical (unpaired) electrons. The van der Waals surface area contributed by atoms with Crippen LogP contribution in [0.4, 0.5) is 5.82 Å². The van der Waals surface area contributed by atoms with E-state index >= 15 is 0 Å². The summed E-state index contributed by atoms with van der Waals surface area (Å²) in [6, 6.07) is 5.31. The summed E-state index contributed by atoms with van der Waals surface area (Å²) in [6.07, 6.45) is 5.21. The van der Waals surface area contributed by atoms with Crippen molar-refractivity contribution < 1.29 is 4.79 Å². The summed E-state index contributed by atoms with van der Waals surface area (Å²) in [5, 5.41) is 0.901. The Bertz CT molecular complexity index is 669. The number of anilines is 1. The van der Waals surface area contributed by atoms with Crippen LogP contribution in [0.15, 0.2) is 36.8 Å². The lowest BCUT2D eigenvalue weighted by Crippen LogP contribution is -2.38. The number of carbonyl (C=O) groups is 1. The maximum absolute atomic E-state index is 12.3. The third-order valence-corrected chi connectivity index (χ3v) is 4.90. The van der Waals surface area contributed by atoms with Gasteiger partial charge in [-0.3, -0.25) is 14.7 Å². The van der Waals surface area contributed by atoms with E-state index in [0.29, 0.717) is 22.3 Å². The molecule has 1 aliphatic heterocycles. The highest BCUT2D eigenvalue weighted by molar-refractivity contribution is 7.99. The van der Waals surface area contributed by atoms with E-state index in [4.69, 9.17) is 23.2 Å². The minimum absolute atomic E-state index is 0.0188. The Balaban J connectivity index is 2.04. The van der Waals surface area contributed by atoms with Crippen molar-refractivity contribution >= 4 is 46.7 Å². The van der Waals surface area contributed by atoms with Crippen LogP contribution >= 0.6 is 35.0 Å². The van der Waals surface area contributed by atoms with Gasteiger partial charge in [-0.05, 0) is 12.1 Å². The minimum atomic E-state index is -0.215. The van der Waals surface area contributed by atoms with Crippen molar-refractivity contribution in [2.75, 3.05) is 10.7 Å². The lowest BCUT2D eigenvalue weighted by Gasteiger charge is -2.34. The second kappa shape index (κ2) is 6.22. The van der Waals surface area contributed by atoms with E-state index in [2.05, 4.69) is 9.97 Å². The molecule has 7 heteroatoms. The Hall–Kier alpha value is -1.30. The molecule has 0 saturated carbocycles. The van der Waals surface area contributed by atoms with Crippen LogP contribution in [0.5, 0.6) is 0 Å². The van der Waals surface area contributed by atoms with E-state index in [-0.39, 0.29) is 11.3 Å². The number of halogens is 2. The van der Waals surface area contributed by atoms with Crippen molar-refractivity contribution in [3.63, 3.8) is 0 Å². The van der Waals surface area contributed by atoms with Crippen LogP contribution in [-0.4, -0.2) is 21.6 Å². The highest BCUT2D eigenvalue weighted by Gasteiger charge is 2.33. The van der Waals surface area contributed by atoms with Crippen LogP contribution in [0.3, 0.4) is 0 Å². The largest absolute Gasteiger partial charge is 0.279 e. The number of nitrogens with zero attached hydrogens (tertiary/aromatic N) is 3. The van der Waals surface area contributed by atoms with Crippen LogP contribution in [0.25, 0.3) is 0 Å². The summed E-state index contributed by atoms with van der Waals surface area (Å²) < 4.78 is 0. The molecule has 0 bridgehead atoms. The molecule has 3 rings (SSSR count). The molecular formula is C14H11Cl2N3OS. The average Bonchev–Trinajstić information content (AvgIpc) is 2.48. The van der Waals surface area contributed by atoms with Crippen LogP contribution < -0.4 is 4.90 Å². The first kappa shape index (κ1) is 14.6. The molecule has 21 heavy (non-hydrogen) atoms. The first-order valence-corrected chi connectivity index (χ1v) is 8.12. The summed E-state index contributed by atoms with van der Waals surface area (Å²) in [5.41, 5.74) is 0.852. The number of amides is 1. The smallest absolute Gasteiger partial charge is 0.230 e. The predicted molar refractivity (Wildman–Crippen MR) is 85.8 cm³/mol. The molecule has 1 aliphatic rings. The van der Waals surface area contributed by atoms with Gasteiger partial charge in [0.15, 0.2) is 5.82 Å². The maximum atomic E-state index is 12.3. The second-order valence-corrected chi connectivity index (χ2v) is 6.50. The van der Waals surface area contributed by atoms with Crippen LogP contribution in [-0.2, 0) is 4.79 Å². The molecule has 1 aromatic carbocycles. The maximum Gasteiger partial charge on any atom is 0.230 e. The highest BCUT2D eigenvalue weighted by Crippen LogP contribution is 2.42. The van der Waals surface area contributed by atoms with Crippen molar-refractivity contribution in [3.05, 3.63) is 52.4 Å². The zero-order chi connectivity index (χ0) is 14.8. The van der Waals surface area contributed by atoms with Gasteiger partial charge >= 0.3 is 0 Å². The number of carbonyl (C=O) groups excluding carboxylic acids is 1. The van der Waals surface area contributed by atoms with E-state index in [9.17, 15) is 4.79 Å². The number of hydrogen-bond donors (Lipinski definition) is 0. The number of thioether (sulfide) groups is 1. The molecule has 1 unspecified atom stereocenters. The molecule has 4 nitrogen and oxygen atoms in total. The molecule has 1 atom stereocenters. The summed E-state index contributed by atoms with van der Waals surface area (Å²) in [6.45, 7) is 0. The molecule has 1 amide bonds.